The molecule has 3 heterocycles. The summed E-state index contributed by atoms with van der Waals surface area (Å²) in [6.07, 6.45) is 0. The fraction of sp³-hybridized carbons (Fsp3) is 0.379. The van der Waals surface area contributed by atoms with Crippen molar-refractivity contribution in [1.29, 1.82) is 0 Å². The molecule has 2 aromatic carbocycles. The van der Waals surface area contributed by atoms with E-state index in [2.05, 4.69) is 38.7 Å². The number of nitrogens with one attached hydrogen (secondary N) is 6. The van der Waals surface area contributed by atoms with Crippen LogP contribution >= 0.6 is 22.4 Å². The minimum Gasteiger partial charge on any atom is -0.870 e. The topological polar surface area (TPSA) is 239 Å². The van der Waals surface area contributed by atoms with E-state index in [4.69, 9.17) is 10.7 Å². The summed E-state index contributed by atoms with van der Waals surface area (Å²) < 4.78 is 21.4. The van der Waals surface area contributed by atoms with Crippen molar-refractivity contribution in [2.24, 2.45) is 0 Å². The van der Waals surface area contributed by atoms with E-state index in [1.165, 1.54) is 18.1 Å². The summed E-state index contributed by atoms with van der Waals surface area (Å²) in [4.78, 5) is 66.9. The van der Waals surface area contributed by atoms with Crippen LogP contribution in [-0.4, -0.2) is 83.6 Å². The third kappa shape index (κ3) is 12.0. The first-order valence-electron chi connectivity index (χ1n) is 14.0. The van der Waals surface area contributed by atoms with E-state index in [-0.39, 0.29) is 17.3 Å². The zero-order valence-corrected chi connectivity index (χ0v) is 29.4. The predicted molar refractivity (Wildman–Crippen MR) is 183 cm³/mol. The molecule has 2 aromatic rings. The van der Waals surface area contributed by atoms with Crippen molar-refractivity contribution in [3.63, 3.8) is 0 Å². The van der Waals surface area contributed by atoms with Gasteiger partial charge in [-0.2, -0.15) is 11.8 Å². The molecule has 0 bridgehead atoms. The zero-order chi connectivity index (χ0) is 34.9. The van der Waals surface area contributed by atoms with Crippen LogP contribution in [0.15, 0.2) is 60.7 Å². The van der Waals surface area contributed by atoms with Gasteiger partial charge in [-0.15, -0.1) is 0 Å². The number of hydrogen-bond donors (Lipinski definition) is 6. The second-order valence-corrected chi connectivity index (χ2v) is 16.3. The normalized spacial score (nSPS) is 24.2. The van der Waals surface area contributed by atoms with Gasteiger partial charge in [-0.1, -0.05) is 60.7 Å². The van der Waals surface area contributed by atoms with Crippen LogP contribution in [0.3, 0.4) is 0 Å². The van der Waals surface area contributed by atoms with Gasteiger partial charge in [-0.05, 0) is 38.1 Å². The van der Waals surface area contributed by atoms with E-state index >= 15 is 0 Å². The maximum atomic E-state index is 11.5. The largest absolute Gasteiger partial charge is 0.870 e. The molecule has 3 aliphatic heterocycles. The highest BCUT2D eigenvalue weighted by molar-refractivity contribution is 8.13. The summed E-state index contributed by atoms with van der Waals surface area (Å²) >= 11 is 2.76. The summed E-state index contributed by atoms with van der Waals surface area (Å²) in [5.74, 6) is 1.12. The van der Waals surface area contributed by atoms with Crippen molar-refractivity contribution in [3.05, 3.63) is 71.8 Å². The molecule has 0 unspecified atom stereocenters. The molecule has 0 aliphatic carbocycles. The lowest BCUT2D eigenvalue weighted by atomic mass is 10.1. The highest BCUT2D eigenvalue weighted by Crippen LogP contribution is 2.20. The molecular formula is C29H37ClN6O9S3. The lowest BCUT2D eigenvalue weighted by molar-refractivity contribution is -0.123. The summed E-state index contributed by atoms with van der Waals surface area (Å²) in [6, 6.07) is 18.6. The van der Waals surface area contributed by atoms with Crippen LogP contribution in [0.4, 0.5) is 14.4 Å². The van der Waals surface area contributed by atoms with E-state index in [1.807, 2.05) is 53.8 Å². The number of thioether (sulfide) groups is 1. The number of halogens is 1. The Morgan fingerprint density at radius 2 is 1.08 bits per heavy atom. The monoisotopic (exact) mass is 744 g/mol. The van der Waals surface area contributed by atoms with Gasteiger partial charge in [0.05, 0.1) is 5.75 Å². The minimum atomic E-state index is -3.83. The number of carbonyl (C=O) groups is 6. The first-order chi connectivity index (χ1) is 21.9. The third-order valence-corrected chi connectivity index (χ3v) is 10.9. The molecule has 3 atom stereocenters. The van der Waals surface area contributed by atoms with Crippen LogP contribution in [0.2, 0.25) is 0 Å². The van der Waals surface area contributed by atoms with Crippen molar-refractivity contribution < 1.29 is 42.7 Å². The van der Waals surface area contributed by atoms with Crippen LogP contribution in [0.25, 0.3) is 0 Å². The lowest BCUT2D eigenvalue weighted by Gasteiger charge is -2.19. The van der Waals surface area contributed by atoms with Gasteiger partial charge in [0.2, 0.25) is 9.05 Å². The molecule has 9 amide bonds. The van der Waals surface area contributed by atoms with Gasteiger partial charge >= 0.3 is 18.1 Å². The maximum absolute atomic E-state index is 11.5. The Morgan fingerprint density at radius 3 is 1.50 bits per heavy atom. The van der Waals surface area contributed by atoms with E-state index < -0.39 is 55.4 Å². The molecule has 15 nitrogen and oxygen atoms in total. The standard InChI is InChI=1S/2C12H14N2O2S.C5H7ClN2O4S.H2O/c2*1-12(10(15)13-11(16)14-12)8-17-7-9-5-3-2-4-6-9;1-5(2-13(6,11)12)3(9)7-4(10)8-5;/h2*2-6H,7-8H2,1H3,(H2,13,14,15,16);2H2,1H3,(H2,7,8,9,10);1H2/t2*12-;5-;/m111./s1. The van der Waals surface area contributed by atoms with Crippen molar-refractivity contribution in [2.45, 2.75) is 48.9 Å². The second-order valence-electron chi connectivity index (χ2n) is 11.4. The molecule has 3 saturated heterocycles. The van der Waals surface area contributed by atoms with E-state index in [1.54, 1.807) is 25.6 Å². The molecular weight excluding hydrogens is 708 g/mol. The Labute approximate surface area is 290 Å². The van der Waals surface area contributed by atoms with Crippen LogP contribution in [-0.2, 0) is 46.7 Å². The van der Waals surface area contributed by atoms with Crippen LogP contribution in [0.1, 0.15) is 31.9 Å². The second kappa shape index (κ2) is 17.0. The van der Waals surface area contributed by atoms with Crippen molar-refractivity contribution in [3.8, 4) is 0 Å². The number of imide groups is 3. The molecule has 0 radical (unpaired) electrons. The molecule has 0 spiro atoms. The summed E-state index contributed by atoms with van der Waals surface area (Å²) in [5, 5.41) is 13.9. The molecule has 5 rings (SSSR count). The molecule has 0 saturated carbocycles. The molecule has 262 valence electrons. The van der Waals surface area contributed by atoms with Gasteiger partial charge in [0.1, 0.15) is 22.6 Å². The molecule has 0 aromatic heterocycles. The van der Waals surface area contributed by atoms with Gasteiger partial charge in [-0.3, -0.25) is 30.3 Å². The SMILES string of the molecule is C[C@]1(CS(=O)(=O)Cl)NC(=O)NC1=O.C[C@]1(CSCc2ccccc2)NC(=O)NC1=O.C[C@]1(C[SH+]Cc2ccccc2)NC(=O)NC1=O.[OH-]. The fourth-order valence-corrected chi connectivity index (χ4v) is 8.28. The van der Waals surface area contributed by atoms with E-state index in [0.717, 1.165) is 23.3 Å². The summed E-state index contributed by atoms with van der Waals surface area (Å²) in [7, 11) is 1.13. The zero-order valence-electron chi connectivity index (χ0n) is 26.2. The van der Waals surface area contributed by atoms with E-state index in [9.17, 15) is 37.2 Å². The molecule has 48 heavy (non-hydrogen) atoms. The van der Waals surface area contributed by atoms with Crippen molar-refractivity contribution in [1.82, 2.24) is 31.9 Å². The lowest BCUT2D eigenvalue weighted by Crippen LogP contribution is -2.48. The third-order valence-electron chi connectivity index (χ3n) is 6.88. The highest BCUT2D eigenvalue weighted by atomic mass is 35.7. The van der Waals surface area contributed by atoms with Crippen LogP contribution in [0.5, 0.6) is 0 Å². The van der Waals surface area contributed by atoms with Gasteiger partial charge in [0, 0.05) is 27.8 Å². The van der Waals surface area contributed by atoms with Gasteiger partial charge < -0.3 is 21.4 Å². The van der Waals surface area contributed by atoms with Crippen molar-refractivity contribution in [2.75, 3.05) is 17.3 Å². The Hall–Kier alpha value is -3.84. The van der Waals surface area contributed by atoms with Gasteiger partial charge in [0.15, 0.2) is 5.54 Å². The van der Waals surface area contributed by atoms with Gasteiger partial charge in [0.25, 0.3) is 17.7 Å². The maximum Gasteiger partial charge on any atom is 0.322 e. The number of carbonyl (C=O) groups excluding carboxylic acids is 6. The number of amides is 9. The molecule has 3 fully saturated rings. The van der Waals surface area contributed by atoms with Crippen molar-refractivity contribution >= 4 is 79.1 Å². The average molecular weight is 745 g/mol. The Morgan fingerprint density at radius 1 is 0.667 bits per heavy atom. The smallest absolute Gasteiger partial charge is 0.322 e. The minimum absolute atomic E-state index is 0. The molecule has 7 N–H and O–H groups in total. The van der Waals surface area contributed by atoms with E-state index in [0.29, 0.717) is 11.5 Å². The fourth-order valence-electron chi connectivity index (χ4n) is 4.34. The molecule has 19 heteroatoms. The first-order valence-corrected chi connectivity index (χ1v) is 18.9. The van der Waals surface area contributed by atoms with Crippen LogP contribution in [0, 0.1) is 0 Å². The Bertz CT molecular complexity index is 1540. The Balaban J connectivity index is 0.000000250. The summed E-state index contributed by atoms with van der Waals surface area (Å²) in [6.45, 7) is 4.78. The number of hydrogen-bond acceptors (Lipinski definition) is 10. The molecule has 3 aliphatic rings. The number of urea groups is 3. The van der Waals surface area contributed by atoms with Crippen LogP contribution < -0.4 is 31.9 Å². The number of thiol groups is 1. The highest BCUT2D eigenvalue weighted by Gasteiger charge is 2.45. The number of benzene rings is 2. The van der Waals surface area contributed by atoms with Gasteiger partial charge in [-0.25, -0.2) is 22.8 Å². The number of rotatable bonds is 10. The predicted octanol–water partition coefficient (Wildman–Crippen LogP) is 1.09. The summed E-state index contributed by atoms with van der Waals surface area (Å²) in [5.41, 5.74) is -0.546. The quantitative estimate of drug-likeness (QED) is 0.0876. The Kier molecular flexibility index (Phi) is 14.3. The first kappa shape index (κ1) is 40.3. The average Bonchev–Trinajstić information content (AvgIpc) is 3.49.